The minimum atomic E-state index is 0.273. The topological polar surface area (TPSA) is 32.8 Å². The van der Waals surface area contributed by atoms with Gasteiger partial charge in [-0.05, 0) is 70.4 Å². The first-order valence-corrected chi connectivity index (χ1v) is 12.0. The first-order valence-electron chi connectivity index (χ1n) is 11.2. The van der Waals surface area contributed by atoms with Gasteiger partial charge in [-0.25, -0.2) is 0 Å². The molecule has 3 heterocycles. The van der Waals surface area contributed by atoms with E-state index in [-0.39, 0.29) is 5.92 Å². The van der Waals surface area contributed by atoms with Crippen LogP contribution >= 0.6 is 11.3 Å². The SMILES string of the molecule is CC(=O)C1CCC(C)C(N2CCc3sc(OC4CCN(C(C)C)C4)cc3C2)C1. The lowest BCUT2D eigenvalue weighted by Gasteiger charge is -2.42. The van der Waals surface area contributed by atoms with Crippen LogP contribution in [0.4, 0.5) is 0 Å². The monoisotopic (exact) mass is 404 g/mol. The Kier molecular flexibility index (Phi) is 6.15. The van der Waals surface area contributed by atoms with Crippen LogP contribution in [0.15, 0.2) is 6.07 Å². The van der Waals surface area contributed by atoms with Gasteiger partial charge in [0.2, 0.25) is 0 Å². The Morgan fingerprint density at radius 3 is 2.79 bits per heavy atom. The fraction of sp³-hybridized carbons (Fsp3) is 0.783. The maximum atomic E-state index is 11.9. The molecule has 0 amide bonds. The first kappa shape index (κ1) is 20.4. The molecule has 4 unspecified atom stereocenters. The second-order valence-corrected chi connectivity index (χ2v) is 10.6. The predicted octanol–water partition coefficient (Wildman–Crippen LogP) is 4.36. The van der Waals surface area contributed by atoms with E-state index >= 15 is 0 Å². The zero-order chi connectivity index (χ0) is 19.8. The van der Waals surface area contributed by atoms with Crippen LogP contribution in [0.25, 0.3) is 0 Å². The number of carbonyl (C=O) groups excluding carboxylic acids is 1. The number of rotatable bonds is 5. The standard InChI is InChI=1S/C23H36N2O2S/c1-15(2)24-9-7-20(14-24)27-23-12-19-13-25(10-8-22(19)28-23)21-11-18(17(4)26)6-5-16(21)3/h12,15-16,18,20-21H,5-11,13-14H2,1-4H3. The summed E-state index contributed by atoms with van der Waals surface area (Å²) in [6, 6.07) is 3.46. The maximum absolute atomic E-state index is 11.9. The third-order valence-electron chi connectivity index (χ3n) is 7.26. The highest BCUT2D eigenvalue weighted by Gasteiger charge is 2.35. The number of carbonyl (C=O) groups is 1. The molecule has 0 aromatic carbocycles. The summed E-state index contributed by atoms with van der Waals surface area (Å²) < 4.78 is 6.37. The fourth-order valence-corrected chi connectivity index (χ4v) is 6.40. The van der Waals surface area contributed by atoms with Gasteiger partial charge in [0, 0.05) is 49.1 Å². The molecule has 0 radical (unpaired) electrons. The van der Waals surface area contributed by atoms with E-state index in [4.69, 9.17) is 4.74 Å². The number of Topliss-reactive ketones (excluding diaryl/α,β-unsaturated/α-hetero) is 1. The van der Waals surface area contributed by atoms with Crippen molar-refractivity contribution in [3.63, 3.8) is 0 Å². The molecule has 2 aliphatic heterocycles. The number of fused-ring (bicyclic) bond motifs is 1. The largest absolute Gasteiger partial charge is 0.479 e. The average Bonchev–Trinajstić information content (AvgIpc) is 3.28. The third kappa shape index (κ3) is 4.31. The van der Waals surface area contributed by atoms with E-state index in [0.717, 1.165) is 56.9 Å². The van der Waals surface area contributed by atoms with Crippen molar-refractivity contribution in [2.45, 2.75) is 84.5 Å². The van der Waals surface area contributed by atoms with Crippen LogP contribution in [0, 0.1) is 11.8 Å². The summed E-state index contributed by atoms with van der Waals surface area (Å²) in [5.74, 6) is 1.34. The van der Waals surface area contributed by atoms with E-state index in [1.165, 1.54) is 16.9 Å². The average molecular weight is 405 g/mol. The molecule has 1 saturated carbocycles. The van der Waals surface area contributed by atoms with Crippen LogP contribution in [0.1, 0.15) is 63.8 Å². The van der Waals surface area contributed by atoms with Gasteiger partial charge in [0.25, 0.3) is 0 Å². The molecule has 1 aliphatic carbocycles. The van der Waals surface area contributed by atoms with Gasteiger partial charge in [0.1, 0.15) is 11.9 Å². The highest BCUT2D eigenvalue weighted by atomic mass is 32.1. The molecule has 0 bridgehead atoms. The molecule has 4 atom stereocenters. The smallest absolute Gasteiger partial charge is 0.174 e. The summed E-state index contributed by atoms with van der Waals surface area (Å²) in [5.41, 5.74) is 1.46. The lowest BCUT2D eigenvalue weighted by atomic mass is 9.76. The minimum Gasteiger partial charge on any atom is -0.479 e. The molecule has 28 heavy (non-hydrogen) atoms. The Balaban J connectivity index is 1.38. The number of thiophene rings is 1. The van der Waals surface area contributed by atoms with E-state index in [2.05, 4.69) is 36.6 Å². The van der Waals surface area contributed by atoms with E-state index in [1.807, 2.05) is 11.3 Å². The fourth-order valence-electron chi connectivity index (χ4n) is 5.33. The highest BCUT2D eigenvalue weighted by molar-refractivity contribution is 7.14. The molecule has 4 rings (SSSR count). The summed E-state index contributed by atoms with van der Waals surface area (Å²) in [7, 11) is 0. The van der Waals surface area contributed by atoms with Gasteiger partial charge in [-0.2, -0.15) is 0 Å². The Hall–Kier alpha value is -0.910. The summed E-state index contributed by atoms with van der Waals surface area (Å²) in [4.78, 5) is 18.6. The minimum absolute atomic E-state index is 0.273. The Morgan fingerprint density at radius 1 is 1.25 bits per heavy atom. The van der Waals surface area contributed by atoms with Crippen molar-refractivity contribution in [3.05, 3.63) is 16.5 Å². The molecule has 1 aromatic heterocycles. The van der Waals surface area contributed by atoms with Crippen molar-refractivity contribution in [3.8, 4) is 5.06 Å². The maximum Gasteiger partial charge on any atom is 0.174 e. The van der Waals surface area contributed by atoms with E-state index in [9.17, 15) is 4.79 Å². The second kappa shape index (κ2) is 8.45. The Bertz CT molecular complexity index is 701. The molecule has 0 N–H and O–H groups in total. The molecule has 5 heteroatoms. The van der Waals surface area contributed by atoms with Gasteiger partial charge in [0.05, 0.1) is 0 Å². The zero-order valence-corrected chi connectivity index (χ0v) is 18.8. The molecule has 1 aromatic rings. The number of likely N-dealkylation sites (tertiary alicyclic amines) is 1. The molecule has 2 fully saturated rings. The van der Waals surface area contributed by atoms with Crippen LogP contribution in [0.5, 0.6) is 5.06 Å². The Morgan fingerprint density at radius 2 is 2.07 bits per heavy atom. The molecule has 1 saturated heterocycles. The van der Waals surface area contributed by atoms with Crippen LogP contribution in [0.3, 0.4) is 0 Å². The van der Waals surface area contributed by atoms with Crippen LogP contribution in [-0.4, -0.2) is 53.4 Å². The van der Waals surface area contributed by atoms with Crippen molar-refractivity contribution in [2.24, 2.45) is 11.8 Å². The van der Waals surface area contributed by atoms with Gasteiger partial charge in [-0.1, -0.05) is 6.92 Å². The van der Waals surface area contributed by atoms with Crippen LogP contribution < -0.4 is 4.74 Å². The number of hydrogen-bond acceptors (Lipinski definition) is 5. The van der Waals surface area contributed by atoms with E-state index < -0.39 is 0 Å². The van der Waals surface area contributed by atoms with Gasteiger partial charge in [-0.15, -0.1) is 11.3 Å². The van der Waals surface area contributed by atoms with E-state index in [0.29, 0.717) is 29.9 Å². The van der Waals surface area contributed by atoms with Crippen LogP contribution in [-0.2, 0) is 17.8 Å². The summed E-state index contributed by atoms with van der Waals surface area (Å²) in [5, 5.41) is 1.11. The third-order valence-corrected chi connectivity index (χ3v) is 8.39. The van der Waals surface area contributed by atoms with Gasteiger partial charge >= 0.3 is 0 Å². The van der Waals surface area contributed by atoms with Crippen molar-refractivity contribution >= 4 is 17.1 Å². The first-order chi connectivity index (χ1) is 13.4. The van der Waals surface area contributed by atoms with E-state index in [1.54, 1.807) is 6.92 Å². The second-order valence-electron chi connectivity index (χ2n) is 9.52. The molecular weight excluding hydrogens is 368 g/mol. The highest BCUT2D eigenvalue weighted by Crippen LogP contribution is 2.39. The lowest BCUT2D eigenvalue weighted by Crippen LogP contribution is -2.46. The number of ether oxygens (including phenoxy) is 1. The van der Waals surface area contributed by atoms with Crippen molar-refractivity contribution < 1.29 is 9.53 Å². The molecule has 3 aliphatic rings. The number of ketones is 1. The van der Waals surface area contributed by atoms with Crippen LogP contribution in [0.2, 0.25) is 0 Å². The van der Waals surface area contributed by atoms with Gasteiger partial charge in [0.15, 0.2) is 5.06 Å². The number of hydrogen-bond donors (Lipinski definition) is 0. The normalized spacial score (nSPS) is 31.9. The van der Waals surface area contributed by atoms with Gasteiger partial charge < -0.3 is 4.74 Å². The summed E-state index contributed by atoms with van der Waals surface area (Å²) in [6.07, 6.45) is 5.92. The molecule has 156 valence electrons. The van der Waals surface area contributed by atoms with Gasteiger partial charge in [-0.3, -0.25) is 14.6 Å². The Labute approximate surface area is 174 Å². The summed E-state index contributed by atoms with van der Waals surface area (Å²) in [6.45, 7) is 13.0. The molecule has 4 nitrogen and oxygen atoms in total. The van der Waals surface area contributed by atoms with Crippen molar-refractivity contribution in [1.82, 2.24) is 9.80 Å². The summed E-state index contributed by atoms with van der Waals surface area (Å²) >= 11 is 1.87. The van der Waals surface area contributed by atoms with Crippen molar-refractivity contribution in [1.29, 1.82) is 0 Å². The molecular formula is C23H36N2O2S. The number of nitrogens with zero attached hydrogens (tertiary/aromatic N) is 2. The quantitative estimate of drug-likeness (QED) is 0.730. The lowest BCUT2D eigenvalue weighted by molar-refractivity contribution is -0.122. The molecule has 0 spiro atoms. The van der Waals surface area contributed by atoms with Crippen molar-refractivity contribution in [2.75, 3.05) is 19.6 Å². The zero-order valence-electron chi connectivity index (χ0n) is 17.9. The predicted molar refractivity (Wildman–Crippen MR) is 115 cm³/mol.